The fourth-order valence-corrected chi connectivity index (χ4v) is 2.86. The zero-order valence-electron chi connectivity index (χ0n) is 12.6. The minimum atomic E-state index is -0.264. The lowest BCUT2D eigenvalue weighted by Gasteiger charge is -2.30. The summed E-state index contributed by atoms with van der Waals surface area (Å²) < 4.78 is 6.43. The Hall–Kier alpha value is -1.33. The fourth-order valence-electron chi connectivity index (χ4n) is 2.57. The van der Waals surface area contributed by atoms with Crippen LogP contribution in [0.2, 0.25) is 5.02 Å². The average molecular weight is 312 g/mol. The van der Waals surface area contributed by atoms with E-state index < -0.39 is 0 Å². The van der Waals surface area contributed by atoms with E-state index in [0.717, 1.165) is 25.8 Å². The first-order valence-corrected chi connectivity index (χ1v) is 7.62. The highest BCUT2D eigenvalue weighted by atomic mass is 35.5. The molecule has 6 heteroatoms. The number of aromatic nitrogens is 2. The summed E-state index contributed by atoms with van der Waals surface area (Å²) in [6, 6.07) is 0. The standard InChI is InChI=1S/C15H22ClN3O2/c1-18-15(20)14(16)13(10-17-18)19(8-9-21-2)11-12-6-4-3-5-7-12/h3-4,10,12H,5-9,11H2,1-2H3. The van der Waals surface area contributed by atoms with Crippen LogP contribution in [0.5, 0.6) is 0 Å². The van der Waals surface area contributed by atoms with Crippen LogP contribution in [-0.4, -0.2) is 36.6 Å². The van der Waals surface area contributed by atoms with E-state index in [9.17, 15) is 4.79 Å². The zero-order valence-corrected chi connectivity index (χ0v) is 13.3. The van der Waals surface area contributed by atoms with Gasteiger partial charge in [-0.2, -0.15) is 5.10 Å². The molecule has 0 spiro atoms. The molecule has 0 amide bonds. The van der Waals surface area contributed by atoms with Crippen LogP contribution in [0.4, 0.5) is 5.69 Å². The Kier molecular flexibility index (Phi) is 5.82. The number of nitrogens with zero attached hydrogens (tertiary/aromatic N) is 3. The second-order valence-electron chi connectivity index (χ2n) is 5.36. The summed E-state index contributed by atoms with van der Waals surface area (Å²) in [6.45, 7) is 2.15. The Morgan fingerprint density at radius 3 is 3.00 bits per heavy atom. The van der Waals surface area contributed by atoms with Crippen molar-refractivity contribution in [2.75, 3.05) is 31.7 Å². The third-order valence-electron chi connectivity index (χ3n) is 3.82. The van der Waals surface area contributed by atoms with E-state index in [0.29, 0.717) is 24.8 Å². The molecule has 0 radical (unpaired) electrons. The van der Waals surface area contributed by atoms with Crippen molar-refractivity contribution in [2.45, 2.75) is 19.3 Å². The zero-order chi connectivity index (χ0) is 15.2. The molecular formula is C15H22ClN3O2. The van der Waals surface area contributed by atoms with E-state index in [4.69, 9.17) is 16.3 Å². The summed E-state index contributed by atoms with van der Waals surface area (Å²) in [7, 11) is 3.27. The van der Waals surface area contributed by atoms with E-state index >= 15 is 0 Å². The highest BCUT2D eigenvalue weighted by Crippen LogP contribution is 2.25. The number of anilines is 1. The fraction of sp³-hybridized carbons (Fsp3) is 0.600. The smallest absolute Gasteiger partial charge is 0.287 e. The van der Waals surface area contributed by atoms with Crippen LogP contribution >= 0.6 is 11.6 Å². The van der Waals surface area contributed by atoms with Crippen LogP contribution in [0, 0.1) is 5.92 Å². The maximum Gasteiger partial charge on any atom is 0.287 e. The highest BCUT2D eigenvalue weighted by Gasteiger charge is 2.19. The molecule has 1 aromatic rings. The molecule has 0 aliphatic heterocycles. The highest BCUT2D eigenvalue weighted by molar-refractivity contribution is 6.33. The van der Waals surface area contributed by atoms with Gasteiger partial charge in [-0.1, -0.05) is 23.8 Å². The molecule has 1 aromatic heterocycles. The lowest BCUT2D eigenvalue weighted by molar-refractivity contribution is 0.204. The normalized spacial score (nSPS) is 18.0. The lowest BCUT2D eigenvalue weighted by atomic mass is 9.94. The number of ether oxygens (including phenoxy) is 1. The largest absolute Gasteiger partial charge is 0.383 e. The summed E-state index contributed by atoms with van der Waals surface area (Å²) in [4.78, 5) is 14.1. The van der Waals surface area contributed by atoms with E-state index in [1.54, 1.807) is 20.4 Å². The Morgan fingerprint density at radius 2 is 2.33 bits per heavy atom. The predicted octanol–water partition coefficient (Wildman–Crippen LogP) is 2.24. The minimum Gasteiger partial charge on any atom is -0.383 e. The van der Waals surface area contributed by atoms with Gasteiger partial charge in [0.2, 0.25) is 0 Å². The van der Waals surface area contributed by atoms with Gasteiger partial charge in [0.05, 0.1) is 18.5 Å². The molecule has 1 unspecified atom stereocenters. The molecular weight excluding hydrogens is 290 g/mol. The molecule has 0 bridgehead atoms. The van der Waals surface area contributed by atoms with Gasteiger partial charge in [-0.3, -0.25) is 4.79 Å². The lowest BCUT2D eigenvalue weighted by Crippen LogP contribution is -2.35. The van der Waals surface area contributed by atoms with Crippen LogP contribution in [-0.2, 0) is 11.8 Å². The van der Waals surface area contributed by atoms with Crippen LogP contribution in [0.15, 0.2) is 23.1 Å². The third-order valence-corrected chi connectivity index (χ3v) is 4.18. The second kappa shape index (κ2) is 7.61. The summed E-state index contributed by atoms with van der Waals surface area (Å²) in [5, 5.41) is 4.32. The monoisotopic (exact) mass is 311 g/mol. The van der Waals surface area contributed by atoms with E-state index in [1.165, 1.54) is 4.68 Å². The van der Waals surface area contributed by atoms with Crippen molar-refractivity contribution in [2.24, 2.45) is 13.0 Å². The van der Waals surface area contributed by atoms with Gasteiger partial charge >= 0.3 is 0 Å². The maximum absolute atomic E-state index is 12.0. The quantitative estimate of drug-likeness (QED) is 0.756. The van der Waals surface area contributed by atoms with Gasteiger partial charge in [-0.25, -0.2) is 4.68 Å². The molecule has 1 heterocycles. The molecule has 1 atom stereocenters. The first-order chi connectivity index (χ1) is 10.1. The van der Waals surface area contributed by atoms with Crippen LogP contribution in [0.3, 0.4) is 0 Å². The summed E-state index contributed by atoms with van der Waals surface area (Å²) in [5.41, 5.74) is 0.437. The molecule has 0 saturated heterocycles. The van der Waals surface area contributed by atoms with Gasteiger partial charge in [0, 0.05) is 27.2 Å². The van der Waals surface area contributed by atoms with Crippen LogP contribution in [0.1, 0.15) is 19.3 Å². The van der Waals surface area contributed by atoms with Crippen LogP contribution < -0.4 is 10.5 Å². The molecule has 2 rings (SSSR count). The van der Waals surface area contributed by atoms with Crippen molar-refractivity contribution in [3.63, 3.8) is 0 Å². The molecule has 0 fully saturated rings. The van der Waals surface area contributed by atoms with Crippen LogP contribution in [0.25, 0.3) is 0 Å². The van der Waals surface area contributed by atoms with Crippen molar-refractivity contribution >= 4 is 17.3 Å². The Balaban J connectivity index is 2.20. The Labute approximate surface area is 130 Å². The summed E-state index contributed by atoms with van der Waals surface area (Å²) >= 11 is 6.22. The van der Waals surface area contributed by atoms with Gasteiger partial charge in [0.15, 0.2) is 0 Å². The van der Waals surface area contributed by atoms with Crippen molar-refractivity contribution in [3.8, 4) is 0 Å². The van der Waals surface area contributed by atoms with Crippen molar-refractivity contribution in [1.82, 2.24) is 9.78 Å². The SMILES string of the molecule is COCCN(CC1CC=CCC1)c1cnn(C)c(=O)c1Cl. The van der Waals surface area contributed by atoms with Gasteiger partial charge in [-0.15, -0.1) is 0 Å². The first-order valence-electron chi connectivity index (χ1n) is 7.24. The first kappa shape index (κ1) is 16.0. The van der Waals surface area contributed by atoms with Gasteiger partial charge in [0.25, 0.3) is 5.56 Å². The van der Waals surface area contributed by atoms with E-state index in [2.05, 4.69) is 22.2 Å². The number of aryl methyl sites for hydroxylation is 1. The number of hydrogen-bond acceptors (Lipinski definition) is 4. The molecule has 0 saturated carbocycles. The minimum absolute atomic E-state index is 0.231. The van der Waals surface area contributed by atoms with Gasteiger partial charge < -0.3 is 9.64 Å². The maximum atomic E-state index is 12.0. The number of halogens is 1. The van der Waals surface area contributed by atoms with Gasteiger partial charge in [0.1, 0.15) is 5.02 Å². The molecule has 21 heavy (non-hydrogen) atoms. The molecule has 5 nitrogen and oxygen atoms in total. The number of methoxy groups -OCH3 is 1. The molecule has 116 valence electrons. The van der Waals surface area contributed by atoms with E-state index in [-0.39, 0.29) is 10.6 Å². The number of allylic oxidation sites excluding steroid dienone is 2. The average Bonchev–Trinajstić information content (AvgIpc) is 2.51. The summed E-state index contributed by atoms with van der Waals surface area (Å²) in [5.74, 6) is 0.576. The second-order valence-corrected chi connectivity index (χ2v) is 5.74. The van der Waals surface area contributed by atoms with Crippen molar-refractivity contribution in [1.29, 1.82) is 0 Å². The van der Waals surface area contributed by atoms with Crippen molar-refractivity contribution in [3.05, 3.63) is 33.7 Å². The molecule has 1 aliphatic carbocycles. The van der Waals surface area contributed by atoms with E-state index in [1.807, 2.05) is 0 Å². The Morgan fingerprint density at radius 1 is 1.52 bits per heavy atom. The Bertz CT molecular complexity index is 556. The third kappa shape index (κ3) is 4.08. The molecule has 0 aromatic carbocycles. The number of rotatable bonds is 6. The summed E-state index contributed by atoms with van der Waals surface area (Å²) in [6.07, 6.45) is 9.47. The molecule has 1 aliphatic rings. The van der Waals surface area contributed by atoms with Crippen molar-refractivity contribution < 1.29 is 4.74 Å². The predicted molar refractivity (Wildman–Crippen MR) is 85.1 cm³/mol. The van der Waals surface area contributed by atoms with Gasteiger partial charge in [-0.05, 0) is 25.2 Å². The number of hydrogen-bond donors (Lipinski definition) is 0. The molecule has 0 N–H and O–H groups in total. The topological polar surface area (TPSA) is 47.4 Å².